The molecule has 5 N–H and O–H groups in total. The largest absolute Gasteiger partial charge is 0.465 e. The lowest BCUT2D eigenvalue weighted by molar-refractivity contribution is -0.141. The average Bonchev–Trinajstić information content (AvgIpc) is 3.68. The number of alkyl halides is 3. The number of benzene rings is 3. The third-order valence-electron chi connectivity index (χ3n) is 6.86. The van der Waals surface area contributed by atoms with Crippen LogP contribution in [0.1, 0.15) is 51.8 Å². The van der Waals surface area contributed by atoms with Gasteiger partial charge in [0.2, 0.25) is 0 Å². The Bertz CT molecular complexity index is 1670. The van der Waals surface area contributed by atoms with Gasteiger partial charge in [0.15, 0.2) is 5.69 Å². The number of anilines is 1. The minimum atomic E-state index is -4.91. The molecule has 5 rings (SSSR count). The summed E-state index contributed by atoms with van der Waals surface area (Å²) in [4.78, 5) is 24.3. The van der Waals surface area contributed by atoms with Crippen LogP contribution in [0.2, 0.25) is 0 Å². The summed E-state index contributed by atoms with van der Waals surface area (Å²) in [6.07, 6.45) is -4.17. The van der Waals surface area contributed by atoms with E-state index in [1.165, 1.54) is 36.4 Å². The minimum absolute atomic E-state index is 0.0136. The van der Waals surface area contributed by atoms with Gasteiger partial charge in [-0.05, 0) is 60.7 Å². The molecule has 1 heterocycles. The van der Waals surface area contributed by atoms with E-state index < -0.39 is 41.2 Å². The third kappa shape index (κ3) is 7.07. The Morgan fingerprint density at radius 3 is 2.42 bits per heavy atom. The maximum Gasteiger partial charge on any atom is 0.435 e. The summed E-state index contributed by atoms with van der Waals surface area (Å²) in [6, 6.07) is 19.1. The van der Waals surface area contributed by atoms with Crippen molar-refractivity contribution in [2.45, 2.75) is 25.1 Å². The first-order chi connectivity index (χ1) is 20.5. The van der Waals surface area contributed by atoms with Gasteiger partial charge in [0, 0.05) is 11.6 Å². The summed E-state index contributed by atoms with van der Waals surface area (Å²) in [5.74, 6) is -1.84. The average molecular weight is 595 g/mol. The Morgan fingerprint density at radius 2 is 1.74 bits per heavy atom. The number of aromatic nitrogens is 2. The first-order valence-corrected chi connectivity index (χ1v) is 13.3. The van der Waals surface area contributed by atoms with Crippen molar-refractivity contribution in [3.8, 4) is 5.69 Å². The third-order valence-corrected chi connectivity index (χ3v) is 6.86. The normalized spacial score (nSPS) is 13.8. The fourth-order valence-electron chi connectivity index (χ4n) is 4.54. The maximum absolute atomic E-state index is 15.0. The van der Waals surface area contributed by atoms with E-state index in [2.05, 4.69) is 15.7 Å². The number of hydrogen-bond donors (Lipinski definition) is 5. The molecule has 0 bridgehead atoms. The van der Waals surface area contributed by atoms with Crippen molar-refractivity contribution >= 4 is 23.5 Å². The molecular weight excluding hydrogens is 568 g/mol. The van der Waals surface area contributed by atoms with Crippen molar-refractivity contribution in [1.29, 1.82) is 5.41 Å². The van der Waals surface area contributed by atoms with Crippen molar-refractivity contribution in [3.05, 3.63) is 113 Å². The van der Waals surface area contributed by atoms with Crippen LogP contribution in [0.25, 0.3) is 5.69 Å². The van der Waals surface area contributed by atoms with Crippen LogP contribution in [0.4, 0.5) is 28.0 Å². The zero-order chi connectivity index (χ0) is 30.7. The van der Waals surface area contributed by atoms with Crippen molar-refractivity contribution in [3.63, 3.8) is 0 Å². The van der Waals surface area contributed by atoms with E-state index in [9.17, 15) is 27.2 Å². The molecule has 222 valence electrons. The molecule has 13 heteroatoms. The van der Waals surface area contributed by atoms with Gasteiger partial charge < -0.3 is 15.7 Å². The van der Waals surface area contributed by atoms with Gasteiger partial charge in [0.25, 0.3) is 5.91 Å². The number of nitrogens with one attached hydrogen (secondary N) is 4. The predicted molar refractivity (Wildman–Crippen MR) is 150 cm³/mol. The summed E-state index contributed by atoms with van der Waals surface area (Å²) in [6.45, 7) is 0.747. The van der Waals surface area contributed by atoms with Crippen molar-refractivity contribution in [2.24, 2.45) is 5.92 Å². The summed E-state index contributed by atoms with van der Waals surface area (Å²) >= 11 is 0. The Balaban J connectivity index is 1.48. The van der Waals surface area contributed by atoms with Gasteiger partial charge in [0.1, 0.15) is 17.3 Å². The van der Waals surface area contributed by atoms with E-state index in [4.69, 9.17) is 10.5 Å². The van der Waals surface area contributed by atoms with Crippen LogP contribution >= 0.6 is 0 Å². The lowest BCUT2D eigenvalue weighted by Crippen LogP contribution is -2.28. The molecule has 1 unspecified atom stereocenters. The second-order valence-electron chi connectivity index (χ2n) is 10.1. The number of nitrogens with zero attached hydrogens (tertiary/aromatic N) is 2. The number of hydrogen-bond acceptors (Lipinski definition) is 5. The van der Waals surface area contributed by atoms with Crippen LogP contribution in [-0.2, 0) is 6.18 Å². The summed E-state index contributed by atoms with van der Waals surface area (Å²) in [7, 11) is 0. The Kier molecular flexibility index (Phi) is 8.26. The zero-order valence-electron chi connectivity index (χ0n) is 22.5. The van der Waals surface area contributed by atoms with Crippen molar-refractivity contribution < 1.29 is 32.3 Å². The fraction of sp³-hybridized carbons (Fsp3) is 0.200. The van der Waals surface area contributed by atoms with Crippen molar-refractivity contribution in [2.75, 3.05) is 11.9 Å². The fourth-order valence-corrected chi connectivity index (χ4v) is 4.54. The molecule has 0 spiro atoms. The van der Waals surface area contributed by atoms with E-state index in [0.29, 0.717) is 22.2 Å². The first kappa shape index (κ1) is 29.5. The van der Waals surface area contributed by atoms with Crippen LogP contribution in [0.15, 0.2) is 78.9 Å². The quantitative estimate of drug-likeness (QED) is 0.0927. The molecule has 1 aromatic heterocycles. The topological polar surface area (TPSA) is 132 Å². The number of carbonyl (C=O) groups excluding carboxylic acids is 1. The lowest BCUT2D eigenvalue weighted by Gasteiger charge is -2.21. The van der Waals surface area contributed by atoms with Gasteiger partial charge in [0.05, 0.1) is 17.4 Å². The molecule has 4 aromatic rings. The molecule has 2 amide bonds. The highest BCUT2D eigenvalue weighted by atomic mass is 19.4. The molecule has 1 atom stereocenters. The van der Waals surface area contributed by atoms with Crippen LogP contribution in [0, 0.1) is 17.1 Å². The number of amides is 2. The summed E-state index contributed by atoms with van der Waals surface area (Å²) in [5.41, 5.74) is -0.646. The first-order valence-electron chi connectivity index (χ1n) is 13.3. The molecule has 9 nitrogen and oxygen atoms in total. The van der Waals surface area contributed by atoms with Gasteiger partial charge in [-0.1, -0.05) is 48.5 Å². The zero-order valence-corrected chi connectivity index (χ0v) is 22.5. The van der Waals surface area contributed by atoms with Gasteiger partial charge in [-0.2, -0.15) is 18.3 Å². The van der Waals surface area contributed by atoms with E-state index >= 15 is 0 Å². The predicted octanol–water partition coefficient (Wildman–Crippen LogP) is 5.96. The smallest absolute Gasteiger partial charge is 0.435 e. The van der Waals surface area contributed by atoms with E-state index in [0.717, 1.165) is 24.9 Å². The van der Waals surface area contributed by atoms with Gasteiger partial charge in [-0.25, -0.2) is 13.9 Å². The molecule has 0 radical (unpaired) electrons. The monoisotopic (exact) mass is 594 g/mol. The Morgan fingerprint density at radius 1 is 1.00 bits per heavy atom. The van der Waals surface area contributed by atoms with Gasteiger partial charge in [-0.15, -0.1) is 0 Å². The summed E-state index contributed by atoms with van der Waals surface area (Å²) < 4.78 is 56.7. The SMILES string of the molecule is N=C(NC(=O)O)c1cccc(-n2nc(C(F)(F)F)cc2C(=O)Nc2cc(C(NCC3CC3)c3ccccc3)ccc2F)c1. The molecule has 1 aliphatic rings. The standard InChI is InChI=1S/C30H26F4N6O3/c31-22-12-11-19(26(36-16-17-9-10-17)18-5-2-1-3-6-18)14-23(22)37-28(41)24-15-25(30(32,33)34)39-40(24)21-8-4-7-20(13-21)27(35)38-29(42)43/h1-8,11-15,17,26,36H,9-10,16H2,(H2,35,38)(H,37,41)(H,42,43). The Hall–Kier alpha value is -5.04. The maximum atomic E-state index is 15.0. The number of carbonyl (C=O) groups is 2. The molecular formula is C30H26F4N6O3. The highest BCUT2D eigenvalue weighted by Gasteiger charge is 2.36. The number of rotatable bonds is 9. The second kappa shape index (κ2) is 12.1. The van der Waals surface area contributed by atoms with Gasteiger partial charge in [-0.3, -0.25) is 15.5 Å². The highest BCUT2D eigenvalue weighted by molar-refractivity contribution is 6.05. The molecule has 1 fully saturated rings. The van der Waals surface area contributed by atoms with E-state index in [-0.39, 0.29) is 23.0 Å². The molecule has 1 aliphatic carbocycles. The second-order valence-corrected chi connectivity index (χ2v) is 10.1. The molecule has 43 heavy (non-hydrogen) atoms. The molecule has 0 saturated heterocycles. The van der Waals surface area contributed by atoms with Crippen LogP contribution < -0.4 is 16.0 Å². The number of halogens is 4. The van der Waals surface area contributed by atoms with Crippen molar-refractivity contribution in [1.82, 2.24) is 20.4 Å². The molecule has 1 saturated carbocycles. The summed E-state index contributed by atoms with van der Waals surface area (Å²) in [5, 5.41) is 28.1. The van der Waals surface area contributed by atoms with Crippen LogP contribution in [0.5, 0.6) is 0 Å². The highest BCUT2D eigenvalue weighted by Crippen LogP contribution is 2.32. The Labute approximate surface area is 243 Å². The minimum Gasteiger partial charge on any atom is -0.465 e. The molecule has 3 aromatic carbocycles. The number of amidine groups is 1. The van der Waals surface area contributed by atoms with Gasteiger partial charge >= 0.3 is 12.3 Å². The van der Waals surface area contributed by atoms with Crippen LogP contribution in [0.3, 0.4) is 0 Å². The number of carboxylic acid groups (broad SMARTS) is 1. The molecule has 0 aliphatic heterocycles. The van der Waals surface area contributed by atoms with Crippen LogP contribution in [-0.4, -0.2) is 39.3 Å². The van der Waals surface area contributed by atoms with E-state index in [1.54, 1.807) is 6.07 Å². The van der Waals surface area contributed by atoms with E-state index in [1.807, 2.05) is 35.6 Å². The lowest BCUT2D eigenvalue weighted by atomic mass is 9.97.